The van der Waals surface area contributed by atoms with Gasteiger partial charge >= 0.3 is 6.09 Å². The van der Waals surface area contributed by atoms with Crippen LogP contribution in [0, 0.1) is 19.3 Å². The molecular formula is C36H54N6O4Si. The van der Waals surface area contributed by atoms with Crippen LogP contribution >= 0.6 is 0 Å². The standard InChI is InChI=1S/C36H54N6O4Si/c1-11-13-29(46-47(9,10)35(4,5)6)22-45-28-15-12-14-27(20-28)32-38-30(31-25(2)21-37-40(31)7)26(3)33(39-32)42-23-36(24-42)16-18-41(19-17-36)34(43)44-8/h12,14-15,20-21,29H,11,13,16-19,22-24H2,1-10H3/t29-/m1/s1. The highest BCUT2D eigenvalue weighted by Gasteiger charge is 2.47. The number of nitrogens with zero attached hydrogens (tertiary/aromatic N) is 6. The SMILES string of the molecule is CCC[C@H](COc1cccc(-c2nc(-c3c(C)cnn3C)c(C)c(N3CC4(CCN(C(=O)OC)CC4)C3)n2)c1)O[Si](C)(C)C(C)(C)C. The van der Waals surface area contributed by atoms with E-state index < -0.39 is 8.32 Å². The smallest absolute Gasteiger partial charge is 0.409 e. The Morgan fingerprint density at radius 1 is 1.11 bits per heavy atom. The number of amides is 1. The fraction of sp³-hybridized carbons (Fsp3) is 0.611. The first-order chi connectivity index (χ1) is 22.2. The minimum absolute atomic E-state index is 0.0458. The van der Waals surface area contributed by atoms with Gasteiger partial charge in [0.25, 0.3) is 0 Å². The molecule has 2 aromatic heterocycles. The van der Waals surface area contributed by atoms with Gasteiger partial charge in [0.2, 0.25) is 0 Å². The van der Waals surface area contributed by atoms with E-state index >= 15 is 0 Å². The van der Waals surface area contributed by atoms with E-state index in [-0.39, 0.29) is 22.7 Å². The van der Waals surface area contributed by atoms with Gasteiger partial charge in [0.15, 0.2) is 14.1 Å². The quantitative estimate of drug-likeness (QED) is 0.207. The van der Waals surface area contributed by atoms with Crippen molar-refractivity contribution in [1.29, 1.82) is 0 Å². The van der Waals surface area contributed by atoms with Crippen LogP contribution in [0.5, 0.6) is 5.75 Å². The van der Waals surface area contributed by atoms with E-state index in [1.54, 1.807) is 0 Å². The molecule has 1 amide bonds. The van der Waals surface area contributed by atoms with Gasteiger partial charge in [0, 0.05) is 49.8 Å². The summed E-state index contributed by atoms with van der Waals surface area (Å²) in [6.07, 6.45) is 5.61. The van der Waals surface area contributed by atoms with Crippen molar-refractivity contribution in [1.82, 2.24) is 24.6 Å². The van der Waals surface area contributed by atoms with E-state index in [4.69, 9.17) is 23.9 Å². The fourth-order valence-corrected chi connectivity index (χ4v) is 7.96. The average molecular weight is 663 g/mol. The zero-order valence-corrected chi connectivity index (χ0v) is 31.1. The number of carbonyl (C=O) groups excluding carboxylic acids is 1. The van der Waals surface area contributed by atoms with Crippen LogP contribution < -0.4 is 9.64 Å². The van der Waals surface area contributed by atoms with Gasteiger partial charge in [-0.05, 0) is 68.9 Å². The Hall–Kier alpha value is -3.44. The van der Waals surface area contributed by atoms with Crippen molar-refractivity contribution in [3.05, 3.63) is 41.6 Å². The predicted molar refractivity (Wildman–Crippen MR) is 189 cm³/mol. The average Bonchev–Trinajstić information content (AvgIpc) is 3.35. The van der Waals surface area contributed by atoms with Crippen molar-refractivity contribution in [3.63, 3.8) is 0 Å². The Balaban J connectivity index is 1.41. The first kappa shape index (κ1) is 34.9. The molecule has 2 fully saturated rings. The van der Waals surface area contributed by atoms with Crippen LogP contribution in [0.3, 0.4) is 0 Å². The number of rotatable bonds is 10. The maximum atomic E-state index is 12.1. The minimum atomic E-state index is -1.93. The number of hydrogen-bond donors (Lipinski definition) is 0. The Morgan fingerprint density at radius 2 is 1.81 bits per heavy atom. The maximum Gasteiger partial charge on any atom is 0.409 e. The van der Waals surface area contributed by atoms with Crippen LogP contribution in [0.2, 0.25) is 18.1 Å². The summed E-state index contributed by atoms with van der Waals surface area (Å²) in [4.78, 5) is 26.6. The molecule has 11 heteroatoms. The van der Waals surface area contributed by atoms with Crippen LogP contribution in [0.15, 0.2) is 30.5 Å². The van der Waals surface area contributed by atoms with E-state index in [0.29, 0.717) is 12.4 Å². The highest BCUT2D eigenvalue weighted by Crippen LogP contribution is 2.45. The number of piperidine rings is 1. The molecular weight excluding hydrogens is 609 g/mol. The Kier molecular flexibility index (Phi) is 10.1. The van der Waals surface area contributed by atoms with Crippen LogP contribution in [0.25, 0.3) is 22.8 Å². The molecule has 2 aliphatic heterocycles. The predicted octanol–water partition coefficient (Wildman–Crippen LogP) is 7.40. The van der Waals surface area contributed by atoms with E-state index in [0.717, 1.165) is 91.5 Å². The van der Waals surface area contributed by atoms with Crippen molar-refractivity contribution in [3.8, 4) is 28.5 Å². The second-order valence-electron chi connectivity index (χ2n) is 15.1. The van der Waals surface area contributed by atoms with Crippen LogP contribution in [0.4, 0.5) is 10.6 Å². The molecule has 1 spiro atoms. The molecule has 1 atom stereocenters. The number of aryl methyl sites for hydroxylation is 2. The normalized spacial score (nSPS) is 17.1. The summed E-state index contributed by atoms with van der Waals surface area (Å²) in [7, 11) is 1.48. The Bertz CT molecular complexity index is 1550. The fourth-order valence-electron chi connectivity index (χ4n) is 6.59. The number of hydrogen-bond acceptors (Lipinski definition) is 8. The largest absolute Gasteiger partial charge is 0.491 e. The lowest BCUT2D eigenvalue weighted by molar-refractivity contribution is 0.0621. The third kappa shape index (κ3) is 7.36. The molecule has 10 nitrogen and oxygen atoms in total. The van der Waals surface area contributed by atoms with E-state index in [2.05, 4.69) is 70.7 Å². The molecule has 2 aliphatic rings. The highest BCUT2D eigenvalue weighted by atomic mass is 28.4. The number of benzene rings is 1. The Labute approximate surface area is 282 Å². The summed E-state index contributed by atoms with van der Waals surface area (Å²) in [5.74, 6) is 2.39. The summed E-state index contributed by atoms with van der Waals surface area (Å²) in [6.45, 7) is 21.6. The van der Waals surface area contributed by atoms with Crippen molar-refractivity contribution < 1.29 is 18.7 Å². The third-order valence-electron chi connectivity index (χ3n) is 10.5. The maximum absolute atomic E-state index is 12.1. The van der Waals surface area contributed by atoms with Crippen LogP contribution in [0.1, 0.15) is 64.5 Å². The lowest BCUT2D eigenvalue weighted by atomic mass is 9.72. The molecule has 256 valence electrons. The number of methoxy groups -OCH3 is 1. The molecule has 1 aromatic carbocycles. The highest BCUT2D eigenvalue weighted by molar-refractivity contribution is 6.74. The van der Waals surface area contributed by atoms with Gasteiger partial charge in [-0.3, -0.25) is 4.68 Å². The molecule has 2 saturated heterocycles. The Morgan fingerprint density at radius 3 is 2.40 bits per heavy atom. The molecule has 47 heavy (non-hydrogen) atoms. The van der Waals surface area contributed by atoms with Crippen molar-refractivity contribution in [2.24, 2.45) is 12.5 Å². The van der Waals surface area contributed by atoms with E-state index in [9.17, 15) is 4.79 Å². The topological polar surface area (TPSA) is 94.8 Å². The number of ether oxygens (including phenoxy) is 2. The van der Waals surface area contributed by atoms with Gasteiger partial charge in [-0.15, -0.1) is 0 Å². The van der Waals surface area contributed by atoms with Gasteiger partial charge in [0.05, 0.1) is 30.8 Å². The zero-order valence-electron chi connectivity index (χ0n) is 30.1. The summed E-state index contributed by atoms with van der Waals surface area (Å²) in [5.41, 5.74) is 5.08. The van der Waals surface area contributed by atoms with Crippen LogP contribution in [-0.2, 0) is 16.2 Å². The molecule has 5 rings (SSSR count). The molecule has 0 N–H and O–H groups in total. The van der Waals surface area contributed by atoms with Gasteiger partial charge in [-0.25, -0.2) is 14.8 Å². The minimum Gasteiger partial charge on any atom is -0.491 e. The number of likely N-dealkylation sites (tertiary alicyclic amines) is 1. The van der Waals surface area contributed by atoms with E-state index in [1.807, 2.05) is 41.0 Å². The first-order valence-electron chi connectivity index (χ1n) is 17.0. The first-order valence-corrected chi connectivity index (χ1v) is 19.9. The number of aromatic nitrogens is 4. The lowest BCUT2D eigenvalue weighted by Crippen LogP contribution is -2.61. The third-order valence-corrected chi connectivity index (χ3v) is 15.0. The number of carbonyl (C=O) groups is 1. The second kappa shape index (κ2) is 13.6. The molecule has 4 heterocycles. The van der Waals surface area contributed by atoms with Crippen LogP contribution in [-0.4, -0.2) is 85.1 Å². The molecule has 3 aromatic rings. The molecule has 0 radical (unpaired) electrons. The number of anilines is 1. The summed E-state index contributed by atoms with van der Waals surface area (Å²) >= 11 is 0. The van der Waals surface area contributed by atoms with Crippen molar-refractivity contribution >= 4 is 20.2 Å². The van der Waals surface area contributed by atoms with E-state index in [1.165, 1.54) is 7.11 Å². The summed E-state index contributed by atoms with van der Waals surface area (Å²) in [6, 6.07) is 8.11. The summed E-state index contributed by atoms with van der Waals surface area (Å²) < 4.78 is 20.0. The molecule has 0 unspecified atom stereocenters. The van der Waals surface area contributed by atoms with Crippen molar-refractivity contribution in [2.75, 3.05) is 44.8 Å². The van der Waals surface area contributed by atoms with Crippen molar-refractivity contribution in [2.45, 2.75) is 91.5 Å². The molecule has 0 bridgehead atoms. The summed E-state index contributed by atoms with van der Waals surface area (Å²) in [5, 5.41) is 4.66. The second-order valence-corrected chi connectivity index (χ2v) is 19.8. The van der Waals surface area contributed by atoms with Gasteiger partial charge in [-0.2, -0.15) is 5.10 Å². The lowest BCUT2D eigenvalue weighted by Gasteiger charge is -2.54. The molecule has 0 aliphatic carbocycles. The monoisotopic (exact) mass is 662 g/mol. The zero-order chi connectivity index (χ0) is 34.1. The van der Waals surface area contributed by atoms with Gasteiger partial charge in [0.1, 0.15) is 18.2 Å². The van der Waals surface area contributed by atoms with Gasteiger partial charge in [-0.1, -0.05) is 46.2 Å². The van der Waals surface area contributed by atoms with Gasteiger partial charge < -0.3 is 23.7 Å². The molecule has 0 saturated carbocycles.